The Morgan fingerprint density at radius 3 is 2.06 bits per heavy atom. The van der Waals surface area contributed by atoms with Crippen molar-refractivity contribution < 1.29 is 0 Å². The Bertz CT molecular complexity index is 3220. The predicted molar refractivity (Wildman–Crippen MR) is 210 cm³/mol. The van der Waals surface area contributed by atoms with Crippen molar-refractivity contribution in [3.63, 3.8) is 0 Å². The zero-order chi connectivity index (χ0) is 31.8. The van der Waals surface area contributed by atoms with Crippen molar-refractivity contribution in [1.82, 2.24) is 14.5 Å². The summed E-state index contributed by atoms with van der Waals surface area (Å²) in [6.07, 6.45) is 0. The first-order valence-electron chi connectivity index (χ1n) is 16.5. The Morgan fingerprint density at radius 1 is 0.449 bits per heavy atom. The molecule has 1 aliphatic rings. The summed E-state index contributed by atoms with van der Waals surface area (Å²) in [7, 11) is 0. The second-order valence-corrected chi connectivity index (χ2v) is 15.0. The summed E-state index contributed by atoms with van der Waals surface area (Å²) in [5.41, 5.74) is 10.2. The molecule has 226 valence electrons. The van der Waals surface area contributed by atoms with Crippen molar-refractivity contribution in [3.8, 4) is 39.3 Å². The fraction of sp³-hybridized carbons (Fsp3) is 0. The Morgan fingerprint density at radius 2 is 1.14 bits per heavy atom. The minimum atomic E-state index is 0.862. The number of benzene rings is 7. The molecule has 0 fully saturated rings. The third-order valence-electron chi connectivity index (χ3n) is 10.3. The number of rotatable bonds is 3. The number of nitrogens with zero attached hydrogens (tertiary/aromatic N) is 3. The summed E-state index contributed by atoms with van der Waals surface area (Å²) in [5, 5.41) is 9.04. The fourth-order valence-electron chi connectivity index (χ4n) is 8.29. The van der Waals surface area contributed by atoms with Crippen molar-refractivity contribution in [2.45, 2.75) is 0 Å². The SMILES string of the molecule is c1ccc(-c2cccc(-c3nc4c(nc3-n3c5ccc6cccc7c6c5c5c6c(ccc53)sc3cccc-7c36)sc3ccccc34)c2)cc1. The van der Waals surface area contributed by atoms with Crippen LogP contribution in [0, 0.1) is 0 Å². The van der Waals surface area contributed by atoms with E-state index in [1.165, 1.54) is 63.1 Å². The van der Waals surface area contributed by atoms with Gasteiger partial charge in [-0.3, -0.25) is 4.57 Å². The van der Waals surface area contributed by atoms with E-state index in [0.717, 1.165) is 49.4 Å². The highest BCUT2D eigenvalue weighted by molar-refractivity contribution is 7.26. The lowest BCUT2D eigenvalue weighted by Crippen LogP contribution is -2.03. The van der Waals surface area contributed by atoms with Crippen LogP contribution in [-0.2, 0) is 0 Å². The van der Waals surface area contributed by atoms with Crippen LogP contribution in [-0.4, -0.2) is 14.5 Å². The van der Waals surface area contributed by atoms with E-state index < -0.39 is 0 Å². The molecule has 4 aromatic heterocycles. The monoisotopic (exact) mass is 657 g/mol. The lowest BCUT2D eigenvalue weighted by atomic mass is 9.95. The van der Waals surface area contributed by atoms with E-state index in [0.29, 0.717) is 0 Å². The molecule has 7 aromatic carbocycles. The number of thiophene rings is 2. The van der Waals surface area contributed by atoms with Crippen LogP contribution < -0.4 is 0 Å². The second-order valence-electron chi connectivity index (χ2n) is 12.9. The Hall–Kier alpha value is -5.88. The molecule has 0 unspecified atom stereocenters. The van der Waals surface area contributed by atoms with Gasteiger partial charge in [0.2, 0.25) is 0 Å². The highest BCUT2D eigenvalue weighted by Gasteiger charge is 2.27. The highest BCUT2D eigenvalue weighted by atomic mass is 32.1. The summed E-state index contributed by atoms with van der Waals surface area (Å²) in [6.45, 7) is 0. The largest absolute Gasteiger partial charge is 0.292 e. The molecule has 0 amide bonds. The van der Waals surface area contributed by atoms with Crippen molar-refractivity contribution in [2.75, 3.05) is 0 Å². The van der Waals surface area contributed by atoms with Crippen LogP contribution in [0.4, 0.5) is 0 Å². The maximum Gasteiger partial charge on any atom is 0.166 e. The molecule has 5 heteroatoms. The quantitative estimate of drug-likeness (QED) is 0.189. The van der Waals surface area contributed by atoms with Crippen LogP contribution >= 0.6 is 22.7 Å². The summed E-state index contributed by atoms with van der Waals surface area (Å²) in [5.74, 6) is 0.862. The molecule has 0 N–H and O–H groups in total. The van der Waals surface area contributed by atoms with Crippen LogP contribution in [0.25, 0.3) is 113 Å². The zero-order valence-corrected chi connectivity index (χ0v) is 27.6. The van der Waals surface area contributed by atoms with E-state index in [9.17, 15) is 0 Å². The van der Waals surface area contributed by atoms with Gasteiger partial charge < -0.3 is 0 Å². The van der Waals surface area contributed by atoms with Gasteiger partial charge in [-0.05, 0) is 69.4 Å². The summed E-state index contributed by atoms with van der Waals surface area (Å²) < 4.78 is 6.25. The molecule has 0 saturated carbocycles. The van der Waals surface area contributed by atoms with Gasteiger partial charge in [-0.1, -0.05) is 103 Å². The number of aromatic nitrogens is 3. The summed E-state index contributed by atoms with van der Waals surface area (Å²) in [6, 6.07) is 50.7. The van der Waals surface area contributed by atoms with Crippen LogP contribution in [0.1, 0.15) is 0 Å². The molecule has 49 heavy (non-hydrogen) atoms. The molecule has 0 aliphatic heterocycles. The van der Waals surface area contributed by atoms with Gasteiger partial charge in [0.25, 0.3) is 0 Å². The predicted octanol–water partition coefficient (Wildman–Crippen LogP) is 12.8. The Kier molecular flexibility index (Phi) is 5.00. The van der Waals surface area contributed by atoms with Crippen LogP contribution in [0.15, 0.2) is 140 Å². The third kappa shape index (κ3) is 3.40. The van der Waals surface area contributed by atoms with E-state index in [2.05, 4.69) is 144 Å². The van der Waals surface area contributed by atoms with Gasteiger partial charge >= 0.3 is 0 Å². The summed E-state index contributed by atoms with van der Waals surface area (Å²) in [4.78, 5) is 12.1. The maximum atomic E-state index is 5.58. The number of hydrogen-bond donors (Lipinski definition) is 0. The van der Waals surface area contributed by atoms with E-state index in [1.807, 2.05) is 11.3 Å². The molecule has 3 nitrogen and oxygen atoms in total. The molecular formula is C44H23N3S2. The molecule has 1 aliphatic carbocycles. The molecule has 11 aromatic rings. The van der Waals surface area contributed by atoms with E-state index in [1.54, 1.807) is 11.3 Å². The molecule has 0 atom stereocenters. The lowest BCUT2D eigenvalue weighted by molar-refractivity contribution is 1.09. The third-order valence-corrected chi connectivity index (χ3v) is 12.5. The minimum absolute atomic E-state index is 0.862. The van der Waals surface area contributed by atoms with Crippen LogP contribution in [0.5, 0.6) is 0 Å². The van der Waals surface area contributed by atoms with Crippen molar-refractivity contribution in [2.24, 2.45) is 0 Å². The van der Waals surface area contributed by atoms with Crippen LogP contribution in [0.3, 0.4) is 0 Å². The van der Waals surface area contributed by atoms with Gasteiger partial charge in [-0.25, -0.2) is 9.97 Å². The average Bonchev–Trinajstić information content (AvgIpc) is 3.80. The summed E-state index contributed by atoms with van der Waals surface area (Å²) >= 11 is 3.61. The Labute approximate surface area is 288 Å². The molecule has 0 spiro atoms. The molecule has 12 rings (SSSR count). The molecular weight excluding hydrogens is 635 g/mol. The first-order chi connectivity index (χ1) is 24.3. The Balaban J connectivity index is 1.28. The van der Waals surface area contributed by atoms with Gasteiger partial charge in [-0.15, -0.1) is 22.7 Å². The molecule has 4 heterocycles. The van der Waals surface area contributed by atoms with Gasteiger partial charge in [-0.2, -0.15) is 0 Å². The van der Waals surface area contributed by atoms with Gasteiger partial charge in [0, 0.05) is 46.6 Å². The van der Waals surface area contributed by atoms with E-state index in [-0.39, 0.29) is 0 Å². The van der Waals surface area contributed by atoms with E-state index >= 15 is 0 Å². The van der Waals surface area contributed by atoms with Gasteiger partial charge in [0.1, 0.15) is 16.0 Å². The van der Waals surface area contributed by atoms with Gasteiger partial charge in [0.15, 0.2) is 5.82 Å². The second kappa shape index (κ2) is 9.38. The standard InChI is InChI=1S/C44H23N3S2/c1-2-9-24(10-3-1)26-12-6-13-27(23-26)41-43(46-44-42(45-41)30-14-4-5-17-33(30)49-44)47-31-20-19-25-11-7-15-28-29-16-8-18-34-37(29)40-35(48-34)22-21-32(47)39(40)38(31)36(25)28/h1-23H. The van der Waals surface area contributed by atoms with Crippen LogP contribution in [0.2, 0.25) is 0 Å². The normalized spacial score (nSPS) is 12.5. The highest BCUT2D eigenvalue weighted by Crippen LogP contribution is 2.52. The first kappa shape index (κ1) is 26.1. The fourth-order valence-corrected chi connectivity index (χ4v) is 10.4. The van der Waals surface area contributed by atoms with E-state index in [4.69, 9.17) is 9.97 Å². The molecule has 0 saturated heterocycles. The lowest BCUT2D eigenvalue weighted by Gasteiger charge is -2.14. The van der Waals surface area contributed by atoms with Crippen molar-refractivity contribution >= 4 is 95.9 Å². The van der Waals surface area contributed by atoms with Crippen molar-refractivity contribution in [3.05, 3.63) is 140 Å². The zero-order valence-electron chi connectivity index (χ0n) is 25.9. The topological polar surface area (TPSA) is 30.7 Å². The van der Waals surface area contributed by atoms with Gasteiger partial charge in [0.05, 0.1) is 11.0 Å². The molecule has 0 bridgehead atoms. The average molecular weight is 658 g/mol. The molecule has 0 radical (unpaired) electrons. The minimum Gasteiger partial charge on any atom is -0.292 e. The number of hydrogen-bond acceptors (Lipinski definition) is 4. The van der Waals surface area contributed by atoms with Crippen molar-refractivity contribution in [1.29, 1.82) is 0 Å². The maximum absolute atomic E-state index is 5.58. The smallest absolute Gasteiger partial charge is 0.166 e. The first-order valence-corrected chi connectivity index (χ1v) is 18.1. The number of fused-ring (bicyclic) bond motifs is 4.